The van der Waals surface area contributed by atoms with Gasteiger partial charge in [0.05, 0.1) is 20.4 Å². The van der Waals surface area contributed by atoms with Crippen molar-refractivity contribution in [3.63, 3.8) is 0 Å². The van der Waals surface area contributed by atoms with E-state index in [0.717, 1.165) is 36.4 Å². The maximum Gasteiger partial charge on any atom is 0.131 e. The fourth-order valence-electron chi connectivity index (χ4n) is 1.36. The molecule has 0 saturated heterocycles. The molecule has 0 saturated carbocycles. The quantitative estimate of drug-likeness (QED) is 0.449. The monoisotopic (exact) mass is 236 g/mol. The Labute approximate surface area is 103 Å². The minimum absolute atomic E-state index is 0.755. The molecule has 1 rings (SSSR count). The van der Waals surface area contributed by atoms with Gasteiger partial charge >= 0.3 is 0 Å². The largest absolute Gasteiger partial charge is 0.497 e. The second kappa shape index (κ2) is 7.54. The molecule has 0 aliphatic rings. The summed E-state index contributed by atoms with van der Waals surface area (Å²) in [5.41, 5.74) is 3.93. The van der Waals surface area contributed by atoms with E-state index in [9.17, 15) is 0 Å². The third-order valence-corrected chi connectivity index (χ3v) is 2.38. The van der Waals surface area contributed by atoms with E-state index in [-0.39, 0.29) is 0 Å². The second-order valence-electron chi connectivity index (χ2n) is 3.63. The third-order valence-electron chi connectivity index (χ3n) is 2.38. The van der Waals surface area contributed by atoms with Crippen LogP contribution < -0.4 is 14.9 Å². The molecule has 0 fully saturated rings. The van der Waals surface area contributed by atoms with Crippen LogP contribution in [0, 0.1) is 0 Å². The zero-order valence-corrected chi connectivity index (χ0v) is 10.7. The lowest BCUT2D eigenvalue weighted by atomic mass is 10.2. The first-order valence-electron chi connectivity index (χ1n) is 5.79. The van der Waals surface area contributed by atoms with Crippen LogP contribution in [0.25, 0.3) is 0 Å². The molecule has 17 heavy (non-hydrogen) atoms. The van der Waals surface area contributed by atoms with Crippen LogP contribution in [0.15, 0.2) is 23.3 Å². The molecule has 4 nitrogen and oxygen atoms in total. The van der Waals surface area contributed by atoms with Crippen molar-refractivity contribution in [1.82, 2.24) is 5.43 Å². The van der Waals surface area contributed by atoms with E-state index in [2.05, 4.69) is 17.5 Å². The molecular formula is C13H20N2O2. The summed E-state index contributed by atoms with van der Waals surface area (Å²) in [5, 5.41) is 4.15. The van der Waals surface area contributed by atoms with Crippen molar-refractivity contribution < 1.29 is 9.47 Å². The number of rotatable bonds is 7. The average molecular weight is 236 g/mol. The van der Waals surface area contributed by atoms with Crippen molar-refractivity contribution in [2.45, 2.75) is 19.8 Å². The van der Waals surface area contributed by atoms with Gasteiger partial charge in [-0.2, -0.15) is 5.10 Å². The van der Waals surface area contributed by atoms with Crippen molar-refractivity contribution in [2.24, 2.45) is 5.10 Å². The normalized spacial score (nSPS) is 10.5. The predicted molar refractivity (Wildman–Crippen MR) is 70.1 cm³/mol. The SMILES string of the molecule is CCCCNN=Cc1ccc(OC)cc1OC. The van der Waals surface area contributed by atoms with Crippen LogP contribution in [0.5, 0.6) is 11.5 Å². The van der Waals surface area contributed by atoms with E-state index >= 15 is 0 Å². The van der Waals surface area contributed by atoms with Crippen molar-refractivity contribution >= 4 is 6.21 Å². The zero-order valence-electron chi connectivity index (χ0n) is 10.7. The van der Waals surface area contributed by atoms with Gasteiger partial charge in [0.2, 0.25) is 0 Å². The first-order valence-corrected chi connectivity index (χ1v) is 5.79. The van der Waals surface area contributed by atoms with Gasteiger partial charge in [-0.1, -0.05) is 13.3 Å². The zero-order chi connectivity index (χ0) is 12.5. The molecule has 0 radical (unpaired) electrons. The molecule has 0 heterocycles. The summed E-state index contributed by atoms with van der Waals surface area (Å²) >= 11 is 0. The molecule has 0 aromatic heterocycles. The number of methoxy groups -OCH3 is 2. The maximum absolute atomic E-state index is 5.27. The van der Waals surface area contributed by atoms with Gasteiger partial charge in [-0.15, -0.1) is 0 Å². The van der Waals surface area contributed by atoms with Crippen LogP contribution in [0.3, 0.4) is 0 Å². The highest BCUT2D eigenvalue weighted by atomic mass is 16.5. The minimum Gasteiger partial charge on any atom is -0.497 e. The molecule has 1 aromatic carbocycles. The van der Waals surface area contributed by atoms with E-state index in [1.165, 1.54) is 0 Å². The summed E-state index contributed by atoms with van der Waals surface area (Å²) in [7, 11) is 3.27. The smallest absolute Gasteiger partial charge is 0.131 e. The van der Waals surface area contributed by atoms with Crippen molar-refractivity contribution in [1.29, 1.82) is 0 Å². The molecule has 0 aliphatic heterocycles. The van der Waals surface area contributed by atoms with Crippen LogP contribution >= 0.6 is 0 Å². The van der Waals surface area contributed by atoms with Crippen LogP contribution in [0.1, 0.15) is 25.3 Å². The number of ether oxygens (including phenoxy) is 2. The number of hydrogen-bond donors (Lipinski definition) is 1. The summed E-state index contributed by atoms with van der Waals surface area (Å²) in [6, 6.07) is 5.64. The first kappa shape index (κ1) is 13.4. The lowest BCUT2D eigenvalue weighted by Crippen LogP contribution is -2.07. The van der Waals surface area contributed by atoms with Crippen molar-refractivity contribution in [3.05, 3.63) is 23.8 Å². The predicted octanol–water partition coefficient (Wildman–Crippen LogP) is 2.43. The molecule has 0 amide bonds. The highest BCUT2D eigenvalue weighted by Crippen LogP contribution is 2.22. The van der Waals surface area contributed by atoms with Gasteiger partial charge in [-0.05, 0) is 18.6 Å². The highest BCUT2D eigenvalue weighted by molar-refractivity contribution is 5.83. The first-order chi connectivity index (χ1) is 8.31. The summed E-state index contributed by atoms with van der Waals surface area (Å²) < 4.78 is 10.4. The Balaban J connectivity index is 2.63. The van der Waals surface area contributed by atoms with Crippen LogP contribution in [0.2, 0.25) is 0 Å². The maximum atomic E-state index is 5.27. The summed E-state index contributed by atoms with van der Waals surface area (Å²) in [5.74, 6) is 1.53. The average Bonchev–Trinajstić information content (AvgIpc) is 2.38. The Morgan fingerprint density at radius 3 is 2.76 bits per heavy atom. The van der Waals surface area contributed by atoms with Crippen LogP contribution in [-0.4, -0.2) is 27.0 Å². The number of benzene rings is 1. The fraction of sp³-hybridized carbons (Fsp3) is 0.462. The van der Waals surface area contributed by atoms with Gasteiger partial charge in [-0.25, -0.2) is 0 Å². The molecular weight excluding hydrogens is 216 g/mol. The van der Waals surface area contributed by atoms with E-state index < -0.39 is 0 Å². The number of nitrogens with zero attached hydrogens (tertiary/aromatic N) is 1. The molecule has 0 atom stereocenters. The molecule has 4 heteroatoms. The van der Waals surface area contributed by atoms with Gasteiger partial charge in [0.15, 0.2) is 0 Å². The summed E-state index contributed by atoms with van der Waals surface area (Å²) in [4.78, 5) is 0. The Kier molecular flexibility index (Phi) is 5.93. The number of unbranched alkanes of at least 4 members (excludes halogenated alkanes) is 1. The molecule has 0 aliphatic carbocycles. The molecule has 0 bridgehead atoms. The Morgan fingerprint density at radius 2 is 2.12 bits per heavy atom. The lowest BCUT2D eigenvalue weighted by molar-refractivity contribution is 0.394. The molecule has 1 aromatic rings. The minimum atomic E-state index is 0.755. The third kappa shape index (κ3) is 4.34. The van der Waals surface area contributed by atoms with Crippen LogP contribution in [-0.2, 0) is 0 Å². The van der Waals surface area contributed by atoms with Crippen LogP contribution in [0.4, 0.5) is 0 Å². The molecule has 0 spiro atoms. The Bertz CT molecular complexity index is 364. The Hall–Kier alpha value is -1.71. The van der Waals surface area contributed by atoms with Crippen molar-refractivity contribution in [3.8, 4) is 11.5 Å². The standard InChI is InChI=1S/C13H20N2O2/c1-4-5-8-14-15-10-11-6-7-12(16-2)9-13(11)17-3/h6-7,9-10,14H,4-5,8H2,1-3H3. The summed E-state index contributed by atoms with van der Waals surface area (Å²) in [6.45, 7) is 3.05. The topological polar surface area (TPSA) is 42.9 Å². The highest BCUT2D eigenvalue weighted by Gasteiger charge is 2.02. The molecule has 94 valence electrons. The molecule has 0 unspecified atom stereocenters. The molecule has 1 N–H and O–H groups in total. The lowest BCUT2D eigenvalue weighted by Gasteiger charge is -2.06. The van der Waals surface area contributed by atoms with Gasteiger partial charge in [-0.3, -0.25) is 0 Å². The van der Waals surface area contributed by atoms with E-state index in [1.54, 1.807) is 20.4 Å². The van der Waals surface area contributed by atoms with E-state index in [1.807, 2.05) is 18.2 Å². The fourth-order valence-corrected chi connectivity index (χ4v) is 1.36. The van der Waals surface area contributed by atoms with Crippen molar-refractivity contribution in [2.75, 3.05) is 20.8 Å². The van der Waals surface area contributed by atoms with Gasteiger partial charge in [0.25, 0.3) is 0 Å². The van der Waals surface area contributed by atoms with E-state index in [4.69, 9.17) is 9.47 Å². The van der Waals surface area contributed by atoms with Gasteiger partial charge < -0.3 is 14.9 Å². The van der Waals surface area contributed by atoms with E-state index in [0.29, 0.717) is 0 Å². The van der Waals surface area contributed by atoms with Gasteiger partial charge in [0.1, 0.15) is 11.5 Å². The summed E-state index contributed by atoms with van der Waals surface area (Å²) in [6.07, 6.45) is 4.04. The van der Waals surface area contributed by atoms with Gasteiger partial charge in [0, 0.05) is 18.2 Å². The number of nitrogens with one attached hydrogen (secondary N) is 1. The Morgan fingerprint density at radius 1 is 1.29 bits per heavy atom. The number of hydrazone groups is 1. The number of hydrogen-bond acceptors (Lipinski definition) is 4. The second-order valence-corrected chi connectivity index (χ2v) is 3.63.